The lowest BCUT2D eigenvalue weighted by Crippen LogP contribution is -2.33. The lowest BCUT2D eigenvalue weighted by Gasteiger charge is -2.29. The average Bonchev–Trinajstić information content (AvgIpc) is 2.29. The smallest absolute Gasteiger partial charge is 0.369 e. The van der Waals surface area contributed by atoms with E-state index in [4.69, 9.17) is 11.6 Å². The number of carbonyl (C=O) groups is 1. The summed E-state index contributed by atoms with van der Waals surface area (Å²) in [4.78, 5) is 12.9. The van der Waals surface area contributed by atoms with E-state index < -0.39 is 11.7 Å². The molecule has 1 aromatic carbocycles. The molecule has 0 unspecified atom stereocenters. The van der Waals surface area contributed by atoms with E-state index in [0.29, 0.717) is 31.6 Å². The number of piperidine rings is 1. The highest BCUT2D eigenvalue weighted by molar-refractivity contribution is 6.33. The molecule has 0 spiro atoms. The molecule has 0 atom stereocenters. The molecular weight excluding hydrogens is 267 g/mol. The van der Waals surface area contributed by atoms with E-state index in [2.05, 4.69) is 0 Å². The molecule has 2 rings (SSSR count). The van der Waals surface area contributed by atoms with E-state index in [0.717, 1.165) is 12.1 Å². The lowest BCUT2D eigenvalue weighted by molar-refractivity contribution is -0.137. The Bertz CT molecular complexity index is 463. The van der Waals surface area contributed by atoms with Crippen molar-refractivity contribution in [2.45, 2.75) is 19.0 Å². The summed E-state index contributed by atoms with van der Waals surface area (Å²) in [5, 5.41) is 0.0687. The van der Waals surface area contributed by atoms with E-state index >= 15 is 0 Å². The quantitative estimate of drug-likeness (QED) is 0.783. The Labute approximate surface area is 107 Å². The normalized spacial score (nSPS) is 17.1. The summed E-state index contributed by atoms with van der Waals surface area (Å²) >= 11 is 5.88. The van der Waals surface area contributed by atoms with Crippen LogP contribution in [0.5, 0.6) is 0 Å². The molecule has 18 heavy (non-hydrogen) atoms. The van der Waals surface area contributed by atoms with E-state index in [1.54, 1.807) is 0 Å². The van der Waals surface area contributed by atoms with Crippen LogP contribution in [0.3, 0.4) is 0 Å². The molecule has 0 radical (unpaired) electrons. The second-order valence-corrected chi connectivity index (χ2v) is 4.60. The van der Waals surface area contributed by atoms with Crippen molar-refractivity contribution < 1.29 is 18.0 Å². The monoisotopic (exact) mass is 277 g/mol. The molecule has 0 N–H and O–H groups in total. The molecule has 0 amide bonds. The van der Waals surface area contributed by atoms with Gasteiger partial charge in [0.1, 0.15) is 5.78 Å². The number of carbonyl (C=O) groups excluding carboxylic acids is 1. The van der Waals surface area contributed by atoms with Gasteiger partial charge >= 0.3 is 6.18 Å². The largest absolute Gasteiger partial charge is 0.416 e. The van der Waals surface area contributed by atoms with Crippen LogP contribution in [0.2, 0.25) is 5.02 Å². The van der Waals surface area contributed by atoms with E-state index in [1.165, 1.54) is 6.07 Å². The van der Waals surface area contributed by atoms with Crippen molar-refractivity contribution in [2.75, 3.05) is 18.0 Å². The second kappa shape index (κ2) is 4.80. The number of hydrogen-bond donors (Lipinski definition) is 0. The van der Waals surface area contributed by atoms with Gasteiger partial charge in [-0.1, -0.05) is 11.6 Å². The SMILES string of the molecule is O=C1CCN(c2ccc(C(F)(F)F)cc2Cl)CC1. The summed E-state index contributed by atoms with van der Waals surface area (Å²) in [5.41, 5.74) is -0.207. The van der Waals surface area contributed by atoms with Crippen LogP contribution in [0.15, 0.2) is 18.2 Å². The first kappa shape index (κ1) is 13.2. The highest BCUT2D eigenvalue weighted by Crippen LogP contribution is 2.35. The number of nitrogens with zero attached hydrogens (tertiary/aromatic N) is 1. The maximum Gasteiger partial charge on any atom is 0.416 e. The van der Waals surface area contributed by atoms with Gasteiger partial charge in [0.05, 0.1) is 16.3 Å². The Kier molecular flexibility index (Phi) is 3.52. The van der Waals surface area contributed by atoms with Crippen LogP contribution in [-0.4, -0.2) is 18.9 Å². The Balaban J connectivity index is 2.22. The highest BCUT2D eigenvalue weighted by atomic mass is 35.5. The van der Waals surface area contributed by atoms with Gasteiger partial charge < -0.3 is 4.90 Å². The first-order valence-electron chi connectivity index (χ1n) is 5.51. The van der Waals surface area contributed by atoms with Crippen molar-refractivity contribution in [2.24, 2.45) is 0 Å². The number of alkyl halides is 3. The van der Waals surface area contributed by atoms with E-state index in [9.17, 15) is 18.0 Å². The van der Waals surface area contributed by atoms with Crippen molar-refractivity contribution in [3.63, 3.8) is 0 Å². The number of benzene rings is 1. The summed E-state index contributed by atoms with van der Waals surface area (Å²) in [6.45, 7) is 1.01. The minimum absolute atomic E-state index is 0.0687. The zero-order chi connectivity index (χ0) is 13.3. The predicted molar refractivity (Wildman–Crippen MR) is 62.9 cm³/mol. The molecular formula is C12H11ClF3NO. The predicted octanol–water partition coefficient (Wildman–Crippen LogP) is 3.53. The third kappa shape index (κ3) is 2.77. The van der Waals surface area contributed by atoms with Gasteiger partial charge in [-0.15, -0.1) is 0 Å². The van der Waals surface area contributed by atoms with Gasteiger partial charge in [0.25, 0.3) is 0 Å². The molecule has 1 saturated heterocycles. The molecule has 6 heteroatoms. The average molecular weight is 278 g/mol. The van der Waals surface area contributed by atoms with Gasteiger partial charge in [0.2, 0.25) is 0 Å². The third-order valence-corrected chi connectivity index (χ3v) is 3.24. The summed E-state index contributed by atoms with van der Waals surface area (Å²) in [6, 6.07) is 3.30. The summed E-state index contributed by atoms with van der Waals surface area (Å²) < 4.78 is 37.4. The maximum atomic E-state index is 12.5. The van der Waals surface area contributed by atoms with E-state index in [1.807, 2.05) is 4.90 Å². The number of rotatable bonds is 1. The minimum Gasteiger partial charge on any atom is -0.369 e. The van der Waals surface area contributed by atoms with Crippen LogP contribution in [0.1, 0.15) is 18.4 Å². The zero-order valence-electron chi connectivity index (χ0n) is 9.43. The molecule has 0 aliphatic carbocycles. The first-order chi connectivity index (χ1) is 8.38. The van der Waals surface area contributed by atoms with Gasteiger partial charge in [-0.05, 0) is 18.2 Å². The second-order valence-electron chi connectivity index (χ2n) is 4.19. The number of halogens is 4. The number of anilines is 1. The van der Waals surface area contributed by atoms with Crippen LogP contribution in [-0.2, 0) is 11.0 Å². The first-order valence-corrected chi connectivity index (χ1v) is 5.89. The third-order valence-electron chi connectivity index (χ3n) is 2.94. The zero-order valence-corrected chi connectivity index (χ0v) is 10.2. The Morgan fingerprint density at radius 1 is 1.17 bits per heavy atom. The fourth-order valence-electron chi connectivity index (χ4n) is 1.94. The van der Waals surface area contributed by atoms with Gasteiger partial charge in [-0.25, -0.2) is 0 Å². The van der Waals surface area contributed by atoms with Crippen molar-refractivity contribution in [1.29, 1.82) is 0 Å². The summed E-state index contributed by atoms with van der Waals surface area (Å²) in [5.74, 6) is 0.175. The van der Waals surface area contributed by atoms with Crippen LogP contribution in [0.25, 0.3) is 0 Å². The number of hydrogen-bond acceptors (Lipinski definition) is 2. The molecule has 1 aromatic rings. The number of Topliss-reactive ketones (excluding diaryl/α,β-unsaturated/α-hetero) is 1. The molecule has 1 heterocycles. The van der Waals surface area contributed by atoms with Gasteiger partial charge in [-0.3, -0.25) is 4.79 Å². The van der Waals surface area contributed by atoms with Crippen molar-refractivity contribution in [3.8, 4) is 0 Å². The van der Waals surface area contributed by atoms with Crippen molar-refractivity contribution in [1.82, 2.24) is 0 Å². The standard InChI is InChI=1S/C12H11ClF3NO/c13-10-7-8(12(14,15)16)1-2-11(10)17-5-3-9(18)4-6-17/h1-2,7H,3-6H2. The van der Waals surface area contributed by atoms with Gasteiger partial charge in [0.15, 0.2) is 0 Å². The fraction of sp³-hybridized carbons (Fsp3) is 0.417. The van der Waals surface area contributed by atoms with E-state index in [-0.39, 0.29) is 10.8 Å². The molecule has 1 aliphatic heterocycles. The van der Waals surface area contributed by atoms with Crippen LogP contribution in [0, 0.1) is 0 Å². The van der Waals surface area contributed by atoms with Crippen LogP contribution in [0.4, 0.5) is 18.9 Å². The molecule has 1 aliphatic rings. The summed E-state index contributed by atoms with van der Waals surface area (Å²) in [7, 11) is 0. The van der Waals surface area contributed by atoms with Crippen LogP contribution < -0.4 is 4.90 Å². The topological polar surface area (TPSA) is 20.3 Å². The fourth-order valence-corrected chi connectivity index (χ4v) is 2.24. The van der Waals surface area contributed by atoms with Gasteiger partial charge in [-0.2, -0.15) is 13.2 Å². The van der Waals surface area contributed by atoms with Crippen molar-refractivity contribution in [3.05, 3.63) is 28.8 Å². The molecule has 1 fully saturated rings. The Morgan fingerprint density at radius 3 is 2.28 bits per heavy atom. The maximum absolute atomic E-state index is 12.5. The number of ketones is 1. The molecule has 2 nitrogen and oxygen atoms in total. The van der Waals surface area contributed by atoms with Gasteiger partial charge in [0, 0.05) is 25.9 Å². The Hall–Kier alpha value is -1.23. The molecule has 0 aromatic heterocycles. The molecule has 98 valence electrons. The lowest BCUT2D eigenvalue weighted by atomic mass is 10.1. The van der Waals surface area contributed by atoms with Crippen LogP contribution >= 0.6 is 11.6 Å². The molecule has 0 saturated carbocycles. The summed E-state index contributed by atoms with van der Waals surface area (Å²) in [6.07, 6.45) is -3.56. The Morgan fingerprint density at radius 2 is 1.78 bits per heavy atom. The molecule has 0 bridgehead atoms. The van der Waals surface area contributed by atoms with Crippen molar-refractivity contribution >= 4 is 23.1 Å². The minimum atomic E-state index is -4.39. The highest BCUT2D eigenvalue weighted by Gasteiger charge is 2.31.